The molecule has 1 saturated heterocycles. The van der Waals surface area contributed by atoms with Crippen LogP contribution in [0.5, 0.6) is 11.5 Å². The highest BCUT2D eigenvalue weighted by Gasteiger charge is 2.44. The molecule has 4 fully saturated rings. The van der Waals surface area contributed by atoms with Crippen LogP contribution in [0.2, 0.25) is 0 Å². The van der Waals surface area contributed by atoms with Crippen molar-refractivity contribution in [1.82, 2.24) is 10.2 Å². The number of amides is 1. The maximum Gasteiger partial charge on any atom is 0.303 e. The molecule has 5 N–H and O–H groups in total. The Kier molecular flexibility index (Phi) is 14.5. The monoisotopic (exact) mass is 834 g/mol. The number of carbonyl (C=O) groups is 2. The minimum absolute atomic E-state index is 0.0381. The van der Waals surface area contributed by atoms with E-state index in [0.717, 1.165) is 88.4 Å². The lowest BCUT2D eigenvalue weighted by Crippen LogP contribution is -2.47. The first-order valence-corrected chi connectivity index (χ1v) is 24.4. The second-order valence-corrected chi connectivity index (χ2v) is 21.0. The van der Waals surface area contributed by atoms with E-state index in [-0.39, 0.29) is 46.5 Å². The molecule has 1 amide bonds. The number of fused-ring (bicyclic) bond motifs is 12. The summed E-state index contributed by atoms with van der Waals surface area (Å²) in [6.45, 7) is 2.77. The lowest BCUT2D eigenvalue weighted by atomic mass is 9.72. The average Bonchev–Trinajstić information content (AvgIpc) is 3.94. The van der Waals surface area contributed by atoms with Crippen molar-refractivity contribution in [1.29, 1.82) is 0 Å². The van der Waals surface area contributed by atoms with Gasteiger partial charge in [-0.15, -0.1) is 0 Å². The molecule has 6 bridgehead atoms. The highest BCUT2D eigenvalue weighted by molar-refractivity contribution is 8.77. The van der Waals surface area contributed by atoms with E-state index < -0.39 is 11.7 Å². The number of aromatic hydroxyl groups is 1. The van der Waals surface area contributed by atoms with E-state index in [0.29, 0.717) is 68.9 Å². The van der Waals surface area contributed by atoms with Gasteiger partial charge in [0.05, 0.1) is 17.1 Å². The normalized spacial score (nSPS) is 29.2. The second-order valence-electron chi connectivity index (χ2n) is 18.2. The number of aryl methyl sites for hydroxylation is 1. The van der Waals surface area contributed by atoms with Crippen molar-refractivity contribution in [2.24, 2.45) is 22.1 Å². The third-order valence-electron chi connectivity index (χ3n) is 13.5. The van der Waals surface area contributed by atoms with Crippen LogP contribution in [-0.2, 0) is 33.7 Å². The van der Waals surface area contributed by atoms with Crippen LogP contribution in [0.4, 0.5) is 0 Å². The molecule has 10 nitrogen and oxygen atoms in total. The zero-order chi connectivity index (χ0) is 40.6. The Labute approximate surface area is 353 Å². The molecule has 0 radical (unpaired) electrons. The van der Waals surface area contributed by atoms with Crippen LogP contribution in [0.15, 0.2) is 47.5 Å². The summed E-state index contributed by atoms with van der Waals surface area (Å²) in [6, 6.07) is 14.3. The second kappa shape index (κ2) is 19.5. The molecule has 12 heteroatoms. The number of ether oxygens (including phenoxy) is 2. The maximum atomic E-state index is 14.1. The lowest BCUT2D eigenvalue weighted by molar-refractivity contribution is -0.168. The van der Waals surface area contributed by atoms with Crippen LogP contribution in [0.1, 0.15) is 139 Å². The van der Waals surface area contributed by atoms with E-state index in [9.17, 15) is 19.8 Å². The maximum absolute atomic E-state index is 14.1. The summed E-state index contributed by atoms with van der Waals surface area (Å²) in [5.74, 6) is 2.00. The summed E-state index contributed by atoms with van der Waals surface area (Å²) in [6.07, 6.45) is 17.2. The molecular weight excluding hydrogens is 769 g/mol. The number of rotatable bonds is 5. The number of benzene rings is 2. The summed E-state index contributed by atoms with van der Waals surface area (Å²) in [4.78, 5) is 33.3. The fraction of sp³-hybridized carbons (Fsp3) is 0.674. The number of aliphatic hydroxyl groups is 1. The van der Waals surface area contributed by atoms with Crippen LogP contribution in [0, 0.1) is 11.3 Å². The predicted octanol–water partition coefficient (Wildman–Crippen LogP) is 8.59. The molecule has 3 aliphatic heterocycles. The Morgan fingerprint density at radius 2 is 1.76 bits per heavy atom. The summed E-state index contributed by atoms with van der Waals surface area (Å²) in [7, 11) is 3.84. The number of phenolic OH excluding ortho intramolecular Hbond substituents is 1. The zero-order valence-corrected chi connectivity index (χ0v) is 36.2. The number of aliphatic imine (C=N–C) groups is 1. The number of nitrogens with zero attached hydrogens (tertiary/aromatic N) is 2. The van der Waals surface area contributed by atoms with Gasteiger partial charge in [0.1, 0.15) is 5.60 Å². The van der Waals surface area contributed by atoms with Crippen LogP contribution >= 0.6 is 21.6 Å². The Morgan fingerprint density at radius 1 is 0.983 bits per heavy atom. The SMILES string of the molecule is CC(=O)OC12CCc3cc(c(O)c(OC4CCCC4)c3)CN3CC(Cc4ccccc4)(CCN=C(N)NC4(CCCC4)SSCCCCCC(CC1)C(O)C2)CC3=O. The number of nitrogens with two attached hydrogens (primary N) is 1. The average molecular weight is 835 g/mol. The Balaban J connectivity index is 1.18. The zero-order valence-electron chi connectivity index (χ0n) is 34.6. The fourth-order valence-electron chi connectivity index (χ4n) is 10.4. The van der Waals surface area contributed by atoms with Crippen LogP contribution in [-0.4, -0.2) is 74.5 Å². The lowest BCUT2D eigenvalue weighted by Gasteiger charge is -2.42. The summed E-state index contributed by atoms with van der Waals surface area (Å²) < 4.78 is 12.6. The summed E-state index contributed by atoms with van der Waals surface area (Å²) in [5.41, 5.74) is 8.32. The number of hydrogen-bond donors (Lipinski definition) is 4. The van der Waals surface area contributed by atoms with Crippen molar-refractivity contribution in [2.75, 3.05) is 18.8 Å². The molecule has 318 valence electrons. The predicted molar refractivity (Wildman–Crippen MR) is 234 cm³/mol. The van der Waals surface area contributed by atoms with Gasteiger partial charge in [0.15, 0.2) is 17.5 Å². The first-order chi connectivity index (χ1) is 28.0. The first kappa shape index (κ1) is 43.0. The molecule has 2 aromatic rings. The Bertz CT molecular complexity index is 1730. The Hall–Kier alpha value is -3.09. The molecule has 0 aromatic heterocycles. The van der Waals surface area contributed by atoms with Crippen LogP contribution in [0.25, 0.3) is 0 Å². The van der Waals surface area contributed by atoms with E-state index in [4.69, 9.17) is 20.2 Å². The smallest absolute Gasteiger partial charge is 0.303 e. The molecule has 58 heavy (non-hydrogen) atoms. The van der Waals surface area contributed by atoms with Crippen molar-refractivity contribution in [2.45, 2.75) is 165 Å². The number of carbonyl (C=O) groups excluding carboxylic acids is 2. The first-order valence-electron chi connectivity index (χ1n) is 22.1. The summed E-state index contributed by atoms with van der Waals surface area (Å²) >= 11 is 0. The number of guanidine groups is 1. The van der Waals surface area contributed by atoms with Gasteiger partial charge in [-0.2, -0.15) is 0 Å². The molecule has 2 aromatic carbocycles. The molecule has 6 aliphatic rings. The molecule has 3 heterocycles. The summed E-state index contributed by atoms with van der Waals surface area (Å²) in [5, 5.41) is 26.9. The van der Waals surface area contributed by atoms with E-state index in [1.165, 1.54) is 25.3 Å². The van der Waals surface area contributed by atoms with Gasteiger partial charge in [-0.1, -0.05) is 83.7 Å². The standard InChI is InChI=1S/C46H66N4O6S2/c1-33(51)56-45-21-17-35-26-37(42(54)40(27-35)55-38-15-7-8-16-38)31-50-32-44(30-41(50)53,28-34-12-4-2-5-13-34)23-24-48-43(47)49-46(19-9-10-20-46)58-57-25-11-3-6-14-36(18-22-45)39(52)29-45/h2,4-5,12-13,26-27,36,38-39,52,54H,3,6-11,14-25,28-32H2,1H3,(H3,47,48,49). The number of phenols is 1. The number of hydrogen-bond acceptors (Lipinski definition) is 11. The van der Waals surface area contributed by atoms with Gasteiger partial charge in [0.25, 0.3) is 0 Å². The molecule has 1 spiro atoms. The van der Waals surface area contributed by atoms with Gasteiger partial charge in [0.2, 0.25) is 5.91 Å². The minimum atomic E-state index is -0.761. The van der Waals surface area contributed by atoms with Crippen molar-refractivity contribution in [3.8, 4) is 11.5 Å². The number of nitrogens with one attached hydrogen (secondary N) is 1. The molecule has 4 unspecified atom stereocenters. The highest BCUT2D eigenvalue weighted by atomic mass is 33.1. The molecule has 3 aliphatic carbocycles. The number of esters is 1. The van der Waals surface area contributed by atoms with Crippen LogP contribution in [0.3, 0.4) is 0 Å². The third kappa shape index (κ3) is 11.2. The van der Waals surface area contributed by atoms with Crippen molar-refractivity contribution < 1.29 is 29.3 Å². The van der Waals surface area contributed by atoms with Crippen LogP contribution < -0.4 is 15.8 Å². The van der Waals surface area contributed by atoms with Gasteiger partial charge in [-0.05, 0) is 113 Å². The minimum Gasteiger partial charge on any atom is -0.504 e. The topological polar surface area (TPSA) is 147 Å². The van der Waals surface area contributed by atoms with Gasteiger partial charge < -0.3 is 35.6 Å². The van der Waals surface area contributed by atoms with Crippen molar-refractivity contribution in [3.63, 3.8) is 0 Å². The van der Waals surface area contributed by atoms with Gasteiger partial charge in [-0.3, -0.25) is 14.6 Å². The van der Waals surface area contributed by atoms with E-state index >= 15 is 0 Å². The van der Waals surface area contributed by atoms with E-state index in [1.807, 2.05) is 56.8 Å². The molecule has 4 atom stereocenters. The van der Waals surface area contributed by atoms with E-state index in [1.54, 1.807) is 0 Å². The van der Waals surface area contributed by atoms with Gasteiger partial charge in [-0.25, -0.2) is 0 Å². The van der Waals surface area contributed by atoms with Crippen molar-refractivity contribution >= 4 is 39.4 Å². The largest absolute Gasteiger partial charge is 0.504 e. The van der Waals surface area contributed by atoms with E-state index in [2.05, 4.69) is 17.4 Å². The van der Waals surface area contributed by atoms with Gasteiger partial charge >= 0.3 is 5.97 Å². The fourth-order valence-corrected chi connectivity index (χ4v) is 13.6. The number of aliphatic hydroxyl groups excluding tert-OH is 1. The van der Waals surface area contributed by atoms with Gasteiger partial charge in [0, 0.05) is 56.1 Å². The molecule has 8 rings (SSSR count). The third-order valence-corrected chi connectivity index (χ3v) is 16.7. The molecule has 3 saturated carbocycles. The quantitative estimate of drug-likeness (QED) is 0.171. The molecular formula is C46H66N4O6S2. The Morgan fingerprint density at radius 3 is 2.52 bits per heavy atom. The highest BCUT2D eigenvalue weighted by Crippen LogP contribution is 2.47. The van der Waals surface area contributed by atoms with Crippen molar-refractivity contribution in [3.05, 3.63) is 59.2 Å².